The lowest BCUT2D eigenvalue weighted by atomic mass is 10.5. The number of morpholine rings is 1. The molecular weight excluding hydrogens is 189 g/mol. The van der Waals surface area contributed by atoms with Crippen LogP contribution in [0.4, 0.5) is 0 Å². The molecule has 0 aliphatic carbocycles. The monoisotopic (exact) mass is 207 g/mol. The number of rotatable bonds is 4. The molecule has 4 nitrogen and oxygen atoms in total. The standard InChI is InChI=1S/C8H18NO3P/c1-3-12-13(2,10)8-9-4-6-11-7-5-9/h3-8H2,1-2H3/t13-/m0/s1. The van der Waals surface area contributed by atoms with Gasteiger partial charge in [-0.25, -0.2) is 0 Å². The van der Waals surface area contributed by atoms with Gasteiger partial charge in [-0.3, -0.25) is 9.46 Å². The fourth-order valence-electron chi connectivity index (χ4n) is 1.42. The molecule has 1 atom stereocenters. The van der Waals surface area contributed by atoms with Crippen molar-refractivity contribution in [3.05, 3.63) is 0 Å². The molecular formula is C8H18NO3P. The molecule has 1 heterocycles. The van der Waals surface area contributed by atoms with E-state index < -0.39 is 7.37 Å². The van der Waals surface area contributed by atoms with Crippen molar-refractivity contribution < 1.29 is 13.8 Å². The summed E-state index contributed by atoms with van der Waals surface area (Å²) in [5.41, 5.74) is 0. The number of hydrogen-bond acceptors (Lipinski definition) is 4. The molecule has 0 amide bonds. The van der Waals surface area contributed by atoms with Crippen molar-refractivity contribution in [3.8, 4) is 0 Å². The van der Waals surface area contributed by atoms with Gasteiger partial charge in [-0.15, -0.1) is 0 Å². The van der Waals surface area contributed by atoms with E-state index in [0.29, 0.717) is 12.9 Å². The zero-order valence-corrected chi connectivity index (χ0v) is 9.26. The molecule has 1 rings (SSSR count). The van der Waals surface area contributed by atoms with Gasteiger partial charge in [0.2, 0.25) is 7.37 Å². The first-order valence-electron chi connectivity index (χ1n) is 4.65. The molecule has 13 heavy (non-hydrogen) atoms. The molecule has 1 fully saturated rings. The predicted molar refractivity (Wildman–Crippen MR) is 52.4 cm³/mol. The Bertz CT molecular complexity index is 192. The summed E-state index contributed by atoms with van der Waals surface area (Å²) in [5.74, 6) is 0. The molecule has 0 N–H and O–H groups in total. The molecule has 0 saturated carbocycles. The van der Waals surface area contributed by atoms with E-state index in [1.165, 1.54) is 0 Å². The lowest BCUT2D eigenvalue weighted by molar-refractivity contribution is 0.0449. The Labute approximate surface area is 79.7 Å². The van der Waals surface area contributed by atoms with Crippen LogP contribution < -0.4 is 0 Å². The van der Waals surface area contributed by atoms with E-state index >= 15 is 0 Å². The third kappa shape index (κ3) is 4.23. The van der Waals surface area contributed by atoms with Gasteiger partial charge in [0.15, 0.2) is 0 Å². The van der Waals surface area contributed by atoms with Gasteiger partial charge in [0.1, 0.15) is 0 Å². The molecule has 0 aromatic carbocycles. The maximum Gasteiger partial charge on any atom is 0.213 e. The van der Waals surface area contributed by atoms with Crippen molar-refractivity contribution in [3.63, 3.8) is 0 Å². The number of nitrogens with zero attached hydrogens (tertiary/aromatic N) is 1. The van der Waals surface area contributed by atoms with Gasteiger partial charge in [0.05, 0.1) is 26.1 Å². The molecule has 5 heteroatoms. The first-order chi connectivity index (χ1) is 6.14. The molecule has 0 aromatic heterocycles. The van der Waals surface area contributed by atoms with Crippen molar-refractivity contribution in [1.29, 1.82) is 0 Å². The van der Waals surface area contributed by atoms with E-state index in [1.807, 2.05) is 6.92 Å². The highest BCUT2D eigenvalue weighted by molar-refractivity contribution is 7.58. The van der Waals surface area contributed by atoms with Crippen LogP contribution in [-0.2, 0) is 13.8 Å². The summed E-state index contributed by atoms with van der Waals surface area (Å²) < 4.78 is 22.2. The summed E-state index contributed by atoms with van der Waals surface area (Å²) in [7, 11) is -2.39. The second-order valence-electron chi connectivity index (χ2n) is 3.30. The predicted octanol–water partition coefficient (Wildman–Crippen LogP) is 1.22. The summed E-state index contributed by atoms with van der Waals surface area (Å²) in [6.07, 6.45) is 0.560. The minimum atomic E-state index is -2.39. The summed E-state index contributed by atoms with van der Waals surface area (Å²) in [6.45, 7) is 7.31. The smallest absolute Gasteiger partial charge is 0.213 e. The van der Waals surface area contributed by atoms with Crippen molar-refractivity contribution in [2.45, 2.75) is 6.92 Å². The second kappa shape index (κ2) is 5.11. The van der Waals surface area contributed by atoms with Crippen LogP contribution >= 0.6 is 7.37 Å². The summed E-state index contributed by atoms with van der Waals surface area (Å²) in [6, 6.07) is 0. The molecule has 0 unspecified atom stereocenters. The molecule has 0 aromatic rings. The van der Waals surface area contributed by atoms with Crippen molar-refractivity contribution in [2.75, 3.05) is 45.9 Å². The lowest BCUT2D eigenvalue weighted by Gasteiger charge is -2.28. The quantitative estimate of drug-likeness (QED) is 0.650. The third-order valence-corrected chi connectivity index (χ3v) is 3.68. The van der Waals surface area contributed by atoms with E-state index in [-0.39, 0.29) is 0 Å². The minimum Gasteiger partial charge on any atom is -0.379 e. The molecule has 1 aliphatic heterocycles. The van der Waals surface area contributed by atoms with Gasteiger partial charge in [-0.1, -0.05) is 0 Å². The topological polar surface area (TPSA) is 38.8 Å². The van der Waals surface area contributed by atoms with Crippen LogP contribution in [0.1, 0.15) is 6.92 Å². The van der Waals surface area contributed by atoms with Gasteiger partial charge >= 0.3 is 0 Å². The van der Waals surface area contributed by atoms with E-state index in [1.54, 1.807) is 6.66 Å². The Balaban J connectivity index is 2.32. The Morgan fingerprint density at radius 3 is 2.62 bits per heavy atom. The van der Waals surface area contributed by atoms with Gasteiger partial charge in [-0.05, 0) is 6.92 Å². The molecule has 78 valence electrons. The van der Waals surface area contributed by atoms with Crippen LogP contribution in [0.2, 0.25) is 0 Å². The highest BCUT2D eigenvalue weighted by atomic mass is 31.2. The molecule has 1 aliphatic rings. The van der Waals surface area contributed by atoms with Gasteiger partial charge in [-0.2, -0.15) is 0 Å². The summed E-state index contributed by atoms with van der Waals surface area (Å²) in [5, 5.41) is 0. The van der Waals surface area contributed by atoms with Crippen molar-refractivity contribution in [2.24, 2.45) is 0 Å². The zero-order chi connectivity index (χ0) is 9.73. The van der Waals surface area contributed by atoms with E-state index in [0.717, 1.165) is 26.3 Å². The highest BCUT2D eigenvalue weighted by Gasteiger charge is 2.21. The average Bonchev–Trinajstić information content (AvgIpc) is 2.04. The number of ether oxygens (including phenoxy) is 1. The van der Waals surface area contributed by atoms with Gasteiger partial charge in [0, 0.05) is 19.8 Å². The van der Waals surface area contributed by atoms with Crippen LogP contribution in [0, 0.1) is 0 Å². The van der Waals surface area contributed by atoms with E-state index in [4.69, 9.17) is 9.26 Å². The highest BCUT2D eigenvalue weighted by Crippen LogP contribution is 2.42. The van der Waals surface area contributed by atoms with Crippen LogP contribution in [0.5, 0.6) is 0 Å². The molecule has 0 bridgehead atoms. The SMILES string of the molecule is CCO[P@](C)(=O)CN1CCOCC1. The second-order valence-corrected chi connectivity index (χ2v) is 5.87. The van der Waals surface area contributed by atoms with Crippen molar-refractivity contribution in [1.82, 2.24) is 4.90 Å². The fourth-order valence-corrected chi connectivity index (χ4v) is 3.06. The van der Waals surface area contributed by atoms with Gasteiger partial charge < -0.3 is 9.26 Å². The fraction of sp³-hybridized carbons (Fsp3) is 1.00. The van der Waals surface area contributed by atoms with Crippen LogP contribution in [0.25, 0.3) is 0 Å². The van der Waals surface area contributed by atoms with Crippen molar-refractivity contribution >= 4 is 7.37 Å². The Morgan fingerprint density at radius 2 is 2.08 bits per heavy atom. The maximum atomic E-state index is 11.8. The third-order valence-electron chi connectivity index (χ3n) is 1.96. The van der Waals surface area contributed by atoms with Crippen LogP contribution in [0.15, 0.2) is 0 Å². The van der Waals surface area contributed by atoms with Crippen LogP contribution in [-0.4, -0.2) is 50.8 Å². The molecule has 0 spiro atoms. The maximum absolute atomic E-state index is 11.8. The number of hydrogen-bond donors (Lipinski definition) is 0. The summed E-state index contributed by atoms with van der Waals surface area (Å²) in [4.78, 5) is 2.14. The van der Waals surface area contributed by atoms with Crippen LogP contribution in [0.3, 0.4) is 0 Å². The Kier molecular flexibility index (Phi) is 4.39. The van der Waals surface area contributed by atoms with E-state index in [9.17, 15) is 4.57 Å². The Morgan fingerprint density at radius 1 is 1.46 bits per heavy atom. The lowest BCUT2D eigenvalue weighted by Crippen LogP contribution is -2.36. The minimum absolute atomic E-state index is 0.526. The zero-order valence-electron chi connectivity index (χ0n) is 8.36. The molecule has 1 saturated heterocycles. The average molecular weight is 207 g/mol. The molecule has 0 radical (unpaired) electrons. The largest absolute Gasteiger partial charge is 0.379 e. The van der Waals surface area contributed by atoms with Gasteiger partial charge in [0.25, 0.3) is 0 Å². The summed E-state index contributed by atoms with van der Waals surface area (Å²) >= 11 is 0. The first kappa shape index (κ1) is 11.2. The van der Waals surface area contributed by atoms with E-state index in [2.05, 4.69) is 4.90 Å². The first-order valence-corrected chi connectivity index (χ1v) is 6.91. The Hall–Kier alpha value is 0.110. The normalized spacial score (nSPS) is 24.2.